The maximum atomic E-state index is 13.3. The number of allylic oxidation sites excluding steroid dienone is 4. The summed E-state index contributed by atoms with van der Waals surface area (Å²) < 4.78 is 18.1. The molecule has 0 aliphatic carbocycles. The van der Waals surface area contributed by atoms with Gasteiger partial charge in [0.2, 0.25) is 0 Å². The van der Waals surface area contributed by atoms with Crippen LogP contribution in [0.25, 0.3) is 0 Å². The van der Waals surface area contributed by atoms with Crippen LogP contribution < -0.4 is 0 Å². The molecule has 6 nitrogen and oxygen atoms in total. The normalized spacial score (nSPS) is 33.2. The van der Waals surface area contributed by atoms with Crippen molar-refractivity contribution in [2.45, 2.75) is 125 Å². The van der Waals surface area contributed by atoms with Crippen LogP contribution in [-0.2, 0) is 28.6 Å². The first-order valence-corrected chi connectivity index (χ1v) is 14.6. The molecule has 6 unspecified atom stereocenters. The Balaban J connectivity index is 1.94. The Labute approximate surface area is 229 Å². The van der Waals surface area contributed by atoms with Gasteiger partial charge in [-0.15, -0.1) is 0 Å². The topological polar surface area (TPSA) is 78.9 Å². The van der Waals surface area contributed by atoms with E-state index in [1.54, 1.807) is 0 Å². The molecule has 0 N–H and O–H groups in total. The van der Waals surface area contributed by atoms with Crippen molar-refractivity contribution in [3.63, 3.8) is 0 Å². The van der Waals surface area contributed by atoms with Crippen LogP contribution in [0, 0.1) is 23.2 Å². The Bertz CT molecular complexity index is 1020. The third kappa shape index (κ3) is 5.94. The van der Waals surface area contributed by atoms with Crippen molar-refractivity contribution in [3.05, 3.63) is 34.6 Å². The van der Waals surface area contributed by atoms with E-state index in [1.807, 2.05) is 39.8 Å². The highest BCUT2D eigenvalue weighted by atomic mass is 16.6. The molecule has 3 rings (SSSR count). The van der Waals surface area contributed by atoms with Gasteiger partial charge in [0.05, 0.1) is 5.92 Å². The van der Waals surface area contributed by atoms with Gasteiger partial charge < -0.3 is 14.2 Å². The fraction of sp³-hybridized carbons (Fsp3) is 0.719. The fourth-order valence-corrected chi connectivity index (χ4v) is 6.74. The van der Waals surface area contributed by atoms with Crippen molar-refractivity contribution in [1.82, 2.24) is 0 Å². The Morgan fingerprint density at radius 2 is 1.71 bits per heavy atom. The summed E-state index contributed by atoms with van der Waals surface area (Å²) in [7, 11) is 0. The molecule has 0 aromatic carbocycles. The number of cyclic esters (lactones) is 3. The summed E-state index contributed by atoms with van der Waals surface area (Å²) in [5, 5.41) is 0. The quantitative estimate of drug-likeness (QED) is 0.186. The van der Waals surface area contributed by atoms with E-state index in [2.05, 4.69) is 27.7 Å². The number of carbonyl (C=O) groups excluding carboxylic acids is 3. The van der Waals surface area contributed by atoms with Crippen molar-refractivity contribution in [3.8, 4) is 0 Å². The van der Waals surface area contributed by atoms with Crippen molar-refractivity contribution in [2.75, 3.05) is 0 Å². The first kappa shape index (κ1) is 30.2. The van der Waals surface area contributed by atoms with Gasteiger partial charge in [0.1, 0.15) is 17.5 Å². The monoisotopic (exact) mass is 528 g/mol. The van der Waals surface area contributed by atoms with Crippen molar-refractivity contribution in [2.24, 2.45) is 23.2 Å². The SMILES string of the molecule is C/C=C1\CCC(C(C)(CC(CC)C2(C)CC/C(=C\C)C(=O)O2)C(C)C2CC/C(=C(\C)CC)OC2=O)OC1=O. The first-order valence-electron chi connectivity index (χ1n) is 14.6. The molecule has 212 valence electrons. The molecule has 0 spiro atoms. The summed E-state index contributed by atoms with van der Waals surface area (Å²) >= 11 is 0. The van der Waals surface area contributed by atoms with Gasteiger partial charge in [0.25, 0.3) is 0 Å². The lowest BCUT2D eigenvalue weighted by Crippen LogP contribution is -2.52. The summed E-state index contributed by atoms with van der Waals surface area (Å²) in [4.78, 5) is 39.0. The van der Waals surface area contributed by atoms with Gasteiger partial charge in [-0.25, -0.2) is 9.59 Å². The van der Waals surface area contributed by atoms with Gasteiger partial charge in [-0.2, -0.15) is 0 Å². The van der Waals surface area contributed by atoms with Crippen LogP contribution in [0.4, 0.5) is 0 Å². The van der Waals surface area contributed by atoms with E-state index in [0.717, 1.165) is 49.0 Å². The van der Waals surface area contributed by atoms with E-state index in [1.165, 1.54) is 0 Å². The van der Waals surface area contributed by atoms with Crippen LogP contribution in [0.2, 0.25) is 0 Å². The Kier molecular flexibility index (Phi) is 9.70. The zero-order valence-corrected chi connectivity index (χ0v) is 24.8. The molecule has 3 aliphatic heterocycles. The van der Waals surface area contributed by atoms with Crippen molar-refractivity contribution in [1.29, 1.82) is 0 Å². The van der Waals surface area contributed by atoms with Gasteiger partial charge in [-0.05, 0) is 96.5 Å². The standard InChI is InChI=1S/C32H48O6/c1-9-20(5)26-15-14-25(30(35)36-26)21(6)31(7,27-16-13-22(10-2)28(33)37-27)19-24(12-4)32(8)18-17-23(11-3)29(34)38-32/h10-11,21,24-25,27H,9,12-19H2,1-8H3/b22-10+,23-11+,26-20-. The summed E-state index contributed by atoms with van der Waals surface area (Å²) in [5.41, 5.74) is 1.43. The Morgan fingerprint density at radius 1 is 1.05 bits per heavy atom. The molecular weight excluding hydrogens is 480 g/mol. The van der Waals surface area contributed by atoms with Crippen molar-refractivity contribution >= 4 is 17.9 Å². The lowest BCUT2D eigenvalue weighted by atomic mass is 9.59. The van der Waals surface area contributed by atoms with E-state index < -0.39 is 11.0 Å². The number of ether oxygens (including phenoxy) is 3. The van der Waals surface area contributed by atoms with Gasteiger partial charge in [0.15, 0.2) is 0 Å². The minimum absolute atomic E-state index is 0.0523. The number of esters is 3. The molecular formula is C32H48O6. The summed E-state index contributed by atoms with van der Waals surface area (Å²) in [6.07, 6.45) is 9.97. The van der Waals surface area contributed by atoms with Crippen LogP contribution in [0.3, 0.4) is 0 Å². The third-order valence-corrected chi connectivity index (χ3v) is 10.0. The second kappa shape index (κ2) is 12.2. The van der Waals surface area contributed by atoms with Crippen LogP contribution in [-0.4, -0.2) is 29.6 Å². The van der Waals surface area contributed by atoms with Crippen LogP contribution in [0.15, 0.2) is 34.6 Å². The number of hydrogen-bond donors (Lipinski definition) is 0. The molecule has 6 heteroatoms. The highest BCUT2D eigenvalue weighted by Gasteiger charge is 2.52. The maximum absolute atomic E-state index is 13.3. The molecule has 0 saturated carbocycles. The van der Waals surface area contributed by atoms with E-state index in [9.17, 15) is 14.4 Å². The Morgan fingerprint density at radius 3 is 2.24 bits per heavy atom. The zero-order valence-electron chi connectivity index (χ0n) is 24.8. The van der Waals surface area contributed by atoms with Crippen molar-refractivity contribution < 1.29 is 28.6 Å². The molecule has 3 aliphatic rings. The first-order chi connectivity index (χ1) is 17.9. The lowest BCUT2D eigenvalue weighted by Gasteiger charge is -2.50. The second-order valence-corrected chi connectivity index (χ2v) is 12.0. The summed E-state index contributed by atoms with van der Waals surface area (Å²) in [5.74, 6) is -0.212. The molecule has 3 heterocycles. The number of hydrogen-bond acceptors (Lipinski definition) is 6. The maximum Gasteiger partial charge on any atom is 0.334 e. The average Bonchev–Trinajstić information content (AvgIpc) is 2.90. The van der Waals surface area contributed by atoms with E-state index in [-0.39, 0.29) is 41.8 Å². The summed E-state index contributed by atoms with van der Waals surface area (Å²) in [6.45, 7) is 16.3. The molecule has 0 amide bonds. The highest BCUT2D eigenvalue weighted by molar-refractivity contribution is 5.89. The van der Waals surface area contributed by atoms with E-state index in [0.29, 0.717) is 31.3 Å². The van der Waals surface area contributed by atoms with Gasteiger partial charge in [-0.3, -0.25) is 4.79 Å². The minimum atomic E-state index is -0.617. The second-order valence-electron chi connectivity index (χ2n) is 12.0. The average molecular weight is 529 g/mol. The summed E-state index contributed by atoms with van der Waals surface area (Å²) in [6, 6.07) is 0. The highest BCUT2D eigenvalue weighted by Crippen LogP contribution is 2.52. The minimum Gasteiger partial charge on any atom is -0.458 e. The molecule has 0 aromatic rings. The van der Waals surface area contributed by atoms with Crippen LogP contribution in [0.5, 0.6) is 0 Å². The van der Waals surface area contributed by atoms with Gasteiger partial charge in [-0.1, -0.05) is 39.8 Å². The van der Waals surface area contributed by atoms with Crippen LogP contribution >= 0.6 is 0 Å². The fourth-order valence-electron chi connectivity index (χ4n) is 6.74. The number of rotatable bonds is 8. The molecule has 0 radical (unpaired) electrons. The Hall–Kier alpha value is -2.37. The molecule has 0 aromatic heterocycles. The molecule has 0 bridgehead atoms. The van der Waals surface area contributed by atoms with Crippen LogP contribution in [0.1, 0.15) is 113 Å². The predicted molar refractivity (Wildman–Crippen MR) is 148 cm³/mol. The lowest BCUT2D eigenvalue weighted by molar-refractivity contribution is -0.176. The molecule has 38 heavy (non-hydrogen) atoms. The van der Waals surface area contributed by atoms with E-state index >= 15 is 0 Å². The molecule has 6 atom stereocenters. The van der Waals surface area contributed by atoms with E-state index in [4.69, 9.17) is 14.2 Å². The number of carbonyl (C=O) groups is 3. The smallest absolute Gasteiger partial charge is 0.334 e. The van der Waals surface area contributed by atoms with Gasteiger partial charge >= 0.3 is 17.9 Å². The third-order valence-electron chi connectivity index (χ3n) is 10.0. The van der Waals surface area contributed by atoms with Gasteiger partial charge in [0, 0.05) is 23.0 Å². The molecule has 3 fully saturated rings. The predicted octanol–water partition coefficient (Wildman–Crippen LogP) is 7.38. The zero-order chi connectivity index (χ0) is 28.3. The molecule has 3 saturated heterocycles. The largest absolute Gasteiger partial charge is 0.458 e.